The maximum Gasteiger partial charge on any atom is 0.0575 e. The Morgan fingerprint density at radius 2 is 1.68 bits per heavy atom. The summed E-state index contributed by atoms with van der Waals surface area (Å²) < 4.78 is 6.07. The summed E-state index contributed by atoms with van der Waals surface area (Å²) in [6.07, 6.45) is 13.5. The zero-order valence-electron chi connectivity index (χ0n) is 14.7. The molecule has 1 aliphatic heterocycles. The molecule has 0 N–H and O–H groups in total. The van der Waals surface area contributed by atoms with Gasteiger partial charge >= 0.3 is 0 Å². The molecule has 0 bridgehead atoms. The van der Waals surface area contributed by atoms with Crippen LogP contribution in [-0.4, -0.2) is 12.7 Å². The Labute approximate surface area is 137 Å². The van der Waals surface area contributed by atoms with Crippen LogP contribution in [-0.2, 0) is 11.2 Å². The summed E-state index contributed by atoms with van der Waals surface area (Å²) in [7, 11) is 0. The van der Waals surface area contributed by atoms with Crippen molar-refractivity contribution in [2.24, 2.45) is 0 Å². The van der Waals surface area contributed by atoms with Crippen LogP contribution in [0.4, 0.5) is 0 Å². The van der Waals surface area contributed by atoms with Gasteiger partial charge in [0.2, 0.25) is 0 Å². The summed E-state index contributed by atoms with van der Waals surface area (Å²) in [5, 5.41) is 0. The average Bonchev–Trinajstić information content (AvgIpc) is 2.58. The minimum absolute atomic E-state index is 0.522. The molecule has 0 aromatic heterocycles. The van der Waals surface area contributed by atoms with Crippen LogP contribution >= 0.6 is 0 Å². The number of ether oxygens (including phenoxy) is 1. The lowest BCUT2D eigenvalue weighted by molar-refractivity contribution is -0.00189. The SMILES string of the molecule is CCCCCCc1ccc(C2CCC(CCCC)OC2)cc1. The lowest BCUT2D eigenvalue weighted by Gasteiger charge is -2.29. The quantitative estimate of drug-likeness (QED) is 0.489. The first-order valence-corrected chi connectivity index (χ1v) is 9.54. The van der Waals surface area contributed by atoms with Gasteiger partial charge in [0.05, 0.1) is 12.7 Å². The van der Waals surface area contributed by atoms with E-state index in [1.807, 2.05) is 0 Å². The maximum atomic E-state index is 6.07. The highest BCUT2D eigenvalue weighted by Crippen LogP contribution is 2.30. The van der Waals surface area contributed by atoms with Crippen molar-refractivity contribution in [2.45, 2.75) is 90.1 Å². The molecule has 0 spiro atoms. The molecule has 124 valence electrons. The van der Waals surface area contributed by atoms with Crippen molar-refractivity contribution >= 4 is 0 Å². The van der Waals surface area contributed by atoms with Crippen LogP contribution in [0.15, 0.2) is 24.3 Å². The van der Waals surface area contributed by atoms with Crippen LogP contribution in [0.1, 0.15) is 88.7 Å². The monoisotopic (exact) mass is 302 g/mol. The smallest absolute Gasteiger partial charge is 0.0575 e. The number of aryl methyl sites for hydroxylation is 1. The minimum Gasteiger partial charge on any atom is -0.378 e. The Bertz CT molecular complexity index is 387. The summed E-state index contributed by atoms with van der Waals surface area (Å²) in [5.74, 6) is 0.618. The van der Waals surface area contributed by atoms with Gasteiger partial charge in [-0.3, -0.25) is 0 Å². The van der Waals surface area contributed by atoms with Crippen molar-refractivity contribution < 1.29 is 4.74 Å². The highest BCUT2D eigenvalue weighted by Gasteiger charge is 2.22. The van der Waals surface area contributed by atoms with E-state index >= 15 is 0 Å². The molecule has 0 radical (unpaired) electrons. The Kier molecular flexibility index (Phi) is 8.01. The van der Waals surface area contributed by atoms with E-state index < -0.39 is 0 Å². The first kappa shape index (κ1) is 17.5. The summed E-state index contributed by atoms with van der Waals surface area (Å²) in [6.45, 7) is 5.45. The summed E-state index contributed by atoms with van der Waals surface area (Å²) in [6, 6.07) is 9.36. The van der Waals surface area contributed by atoms with Gasteiger partial charge in [0.25, 0.3) is 0 Å². The predicted molar refractivity (Wildman–Crippen MR) is 95.5 cm³/mol. The van der Waals surface area contributed by atoms with Crippen molar-refractivity contribution in [3.8, 4) is 0 Å². The van der Waals surface area contributed by atoms with Gasteiger partial charge in [-0.15, -0.1) is 0 Å². The third-order valence-electron chi connectivity index (χ3n) is 5.02. The number of benzene rings is 1. The number of hydrogen-bond donors (Lipinski definition) is 0. The molecule has 1 aromatic carbocycles. The Balaban J connectivity index is 1.74. The van der Waals surface area contributed by atoms with Crippen LogP contribution < -0.4 is 0 Å². The van der Waals surface area contributed by atoms with Gasteiger partial charge in [-0.25, -0.2) is 0 Å². The fraction of sp³-hybridized carbons (Fsp3) is 0.714. The molecule has 1 fully saturated rings. The van der Waals surface area contributed by atoms with Crippen molar-refractivity contribution in [1.29, 1.82) is 0 Å². The molecule has 1 heterocycles. The van der Waals surface area contributed by atoms with Crippen LogP contribution in [0.5, 0.6) is 0 Å². The molecule has 1 nitrogen and oxygen atoms in total. The second-order valence-electron chi connectivity index (χ2n) is 6.92. The molecule has 1 aliphatic rings. The van der Waals surface area contributed by atoms with E-state index in [2.05, 4.69) is 38.1 Å². The van der Waals surface area contributed by atoms with Gasteiger partial charge in [0.15, 0.2) is 0 Å². The van der Waals surface area contributed by atoms with Gasteiger partial charge in [-0.1, -0.05) is 70.2 Å². The molecule has 2 unspecified atom stereocenters. The zero-order valence-corrected chi connectivity index (χ0v) is 14.7. The van der Waals surface area contributed by atoms with Crippen LogP contribution in [0.3, 0.4) is 0 Å². The molecule has 0 aliphatic carbocycles. The largest absolute Gasteiger partial charge is 0.378 e. The van der Waals surface area contributed by atoms with Gasteiger partial charge in [0.1, 0.15) is 0 Å². The average molecular weight is 303 g/mol. The topological polar surface area (TPSA) is 9.23 Å². The lowest BCUT2D eigenvalue weighted by atomic mass is 9.89. The number of unbranched alkanes of at least 4 members (excludes halogenated alkanes) is 4. The van der Waals surface area contributed by atoms with Gasteiger partial charge < -0.3 is 4.74 Å². The predicted octanol–water partition coefficient (Wildman–Crippen LogP) is 6.26. The van der Waals surface area contributed by atoms with Crippen molar-refractivity contribution in [1.82, 2.24) is 0 Å². The highest BCUT2D eigenvalue weighted by molar-refractivity contribution is 5.26. The van der Waals surface area contributed by atoms with E-state index in [1.165, 1.54) is 75.3 Å². The van der Waals surface area contributed by atoms with E-state index in [-0.39, 0.29) is 0 Å². The molecule has 1 aromatic rings. The second kappa shape index (κ2) is 10.0. The molecular weight excluding hydrogens is 268 g/mol. The third-order valence-corrected chi connectivity index (χ3v) is 5.02. The first-order chi connectivity index (χ1) is 10.8. The number of rotatable bonds is 9. The van der Waals surface area contributed by atoms with Crippen molar-refractivity contribution in [3.63, 3.8) is 0 Å². The van der Waals surface area contributed by atoms with Gasteiger partial charge in [-0.05, 0) is 43.2 Å². The summed E-state index contributed by atoms with van der Waals surface area (Å²) >= 11 is 0. The molecule has 2 rings (SSSR count). The van der Waals surface area contributed by atoms with E-state index in [9.17, 15) is 0 Å². The normalized spacial score (nSPS) is 21.9. The highest BCUT2D eigenvalue weighted by atomic mass is 16.5. The first-order valence-electron chi connectivity index (χ1n) is 9.54. The summed E-state index contributed by atoms with van der Waals surface area (Å²) in [4.78, 5) is 0. The molecule has 0 amide bonds. The van der Waals surface area contributed by atoms with Crippen LogP contribution in [0, 0.1) is 0 Å². The fourth-order valence-corrected chi connectivity index (χ4v) is 3.44. The molecule has 1 saturated heterocycles. The second-order valence-corrected chi connectivity index (χ2v) is 6.92. The van der Waals surface area contributed by atoms with Gasteiger partial charge in [0, 0.05) is 5.92 Å². The van der Waals surface area contributed by atoms with Crippen LogP contribution in [0.25, 0.3) is 0 Å². The molecule has 0 saturated carbocycles. The molecule has 1 heteroatoms. The van der Waals surface area contributed by atoms with Gasteiger partial charge in [-0.2, -0.15) is 0 Å². The van der Waals surface area contributed by atoms with E-state index in [4.69, 9.17) is 4.74 Å². The van der Waals surface area contributed by atoms with E-state index in [1.54, 1.807) is 0 Å². The van der Waals surface area contributed by atoms with E-state index in [0.29, 0.717) is 12.0 Å². The molecule has 22 heavy (non-hydrogen) atoms. The molecule has 2 atom stereocenters. The molecular formula is C21H34O. The van der Waals surface area contributed by atoms with Crippen LogP contribution in [0.2, 0.25) is 0 Å². The minimum atomic E-state index is 0.522. The maximum absolute atomic E-state index is 6.07. The zero-order chi connectivity index (χ0) is 15.6. The summed E-state index contributed by atoms with van der Waals surface area (Å²) in [5.41, 5.74) is 2.98. The number of hydrogen-bond acceptors (Lipinski definition) is 1. The Morgan fingerprint density at radius 1 is 0.909 bits per heavy atom. The van der Waals surface area contributed by atoms with Crippen molar-refractivity contribution in [2.75, 3.05) is 6.61 Å². The Morgan fingerprint density at radius 3 is 2.32 bits per heavy atom. The fourth-order valence-electron chi connectivity index (χ4n) is 3.44. The third kappa shape index (κ3) is 5.76. The van der Waals surface area contributed by atoms with Crippen molar-refractivity contribution in [3.05, 3.63) is 35.4 Å². The van der Waals surface area contributed by atoms with E-state index in [0.717, 1.165) is 6.61 Å². The standard InChI is InChI=1S/C21H34O/c1-3-5-7-8-9-18-11-13-19(14-12-18)20-15-16-21(22-17-20)10-6-4-2/h11-14,20-21H,3-10,15-17H2,1-2H3. The lowest BCUT2D eigenvalue weighted by Crippen LogP contribution is -2.24. The Hall–Kier alpha value is -0.820.